The van der Waals surface area contributed by atoms with E-state index in [1.165, 1.54) is 67.2 Å². The van der Waals surface area contributed by atoms with Gasteiger partial charge in [-0.15, -0.1) is 0 Å². The molecule has 0 bridgehead atoms. The van der Waals surface area contributed by atoms with Crippen LogP contribution >= 0.6 is 0 Å². The summed E-state index contributed by atoms with van der Waals surface area (Å²) in [5.41, 5.74) is 9.22. The molecule has 0 saturated heterocycles. The first-order valence-electron chi connectivity index (χ1n) is 10.4. The molecule has 1 aromatic heterocycles. The monoisotopic (exact) mass is 445 g/mol. The molecule has 0 atom stereocenters. The summed E-state index contributed by atoms with van der Waals surface area (Å²) < 4.78 is 9.36. The van der Waals surface area contributed by atoms with Crippen LogP contribution in [0.1, 0.15) is 35.1 Å². The summed E-state index contributed by atoms with van der Waals surface area (Å²) in [6.07, 6.45) is 4.91. The summed E-state index contributed by atoms with van der Waals surface area (Å²) in [5, 5.41) is 1.28. The van der Waals surface area contributed by atoms with Gasteiger partial charge < -0.3 is 0 Å². The molecular formula is C26H23NOSe. The third kappa shape index (κ3) is 2.68. The molecule has 0 fully saturated rings. The molecule has 1 aliphatic carbocycles. The van der Waals surface area contributed by atoms with Crippen LogP contribution in [0.4, 0.5) is 17.3 Å². The molecule has 0 amide bonds. The van der Waals surface area contributed by atoms with Crippen LogP contribution in [0.2, 0.25) is 0 Å². The molecule has 0 radical (unpaired) electrons. The fraction of sp³-hybridized carbons (Fsp3) is 0.231. The molecule has 2 nitrogen and oxygen atoms in total. The van der Waals surface area contributed by atoms with E-state index in [0.717, 1.165) is 17.9 Å². The maximum atomic E-state index is 6.53. The van der Waals surface area contributed by atoms with E-state index in [1.807, 2.05) is 0 Å². The van der Waals surface area contributed by atoms with Crippen molar-refractivity contribution >= 4 is 52.1 Å². The molecule has 0 saturated carbocycles. The second-order valence-electron chi connectivity index (χ2n) is 8.27. The molecular weight excluding hydrogens is 421 g/mol. The summed E-state index contributed by atoms with van der Waals surface area (Å²) in [7, 11) is 0. The van der Waals surface area contributed by atoms with Crippen LogP contribution in [0, 0.1) is 13.8 Å². The quantitative estimate of drug-likeness (QED) is 0.324. The first kappa shape index (κ1) is 17.4. The molecule has 3 aromatic carbocycles. The first-order valence-corrected chi connectivity index (χ1v) is 12.1. The van der Waals surface area contributed by atoms with Crippen molar-refractivity contribution in [1.29, 1.82) is 0 Å². The van der Waals surface area contributed by atoms with Gasteiger partial charge in [-0.2, -0.15) is 0 Å². The Morgan fingerprint density at radius 2 is 1.69 bits per heavy atom. The standard InChI is InChI=1S/C26H23NOSe/c1-16-11-13-23-20(14-16)25-26(28-23)27(22-12-10-17(2)15-24(22)29-25)21-9-5-7-18-6-3-4-8-19(18)21/h5,7,9-15H,3-4,6,8H2,1-2H3. The van der Waals surface area contributed by atoms with Gasteiger partial charge in [-0.25, -0.2) is 0 Å². The third-order valence-corrected chi connectivity index (χ3v) is 8.57. The Morgan fingerprint density at radius 1 is 0.862 bits per heavy atom. The molecule has 2 heterocycles. The number of rotatable bonds is 1. The van der Waals surface area contributed by atoms with Gasteiger partial charge >= 0.3 is 178 Å². The Morgan fingerprint density at radius 3 is 2.62 bits per heavy atom. The Bertz CT molecular complexity index is 1270. The van der Waals surface area contributed by atoms with Crippen LogP contribution in [-0.2, 0) is 12.8 Å². The molecule has 3 heteroatoms. The summed E-state index contributed by atoms with van der Waals surface area (Å²) >= 11 is 0.237. The molecule has 0 unspecified atom stereocenters. The van der Waals surface area contributed by atoms with E-state index in [2.05, 4.69) is 73.3 Å². The van der Waals surface area contributed by atoms with Crippen molar-refractivity contribution in [3.05, 3.63) is 76.9 Å². The van der Waals surface area contributed by atoms with E-state index in [9.17, 15) is 0 Å². The average molecular weight is 444 g/mol. The fourth-order valence-electron chi connectivity index (χ4n) is 4.74. The van der Waals surface area contributed by atoms with Crippen LogP contribution in [0.5, 0.6) is 0 Å². The maximum absolute atomic E-state index is 6.53. The minimum absolute atomic E-state index is 0.237. The molecule has 29 heavy (non-hydrogen) atoms. The SMILES string of the molecule is Cc1ccc2c(c1)[Se]c1c(oc3ccc(C)cc13)N2c1cccc2c1CCCC2. The van der Waals surface area contributed by atoms with Gasteiger partial charge in [-0.3, -0.25) is 0 Å². The zero-order valence-corrected chi connectivity index (χ0v) is 18.5. The number of nitrogens with zero attached hydrogens (tertiary/aromatic N) is 1. The summed E-state index contributed by atoms with van der Waals surface area (Å²) in [5.74, 6) is 1.03. The number of furan rings is 1. The van der Waals surface area contributed by atoms with Crippen LogP contribution in [-0.4, -0.2) is 15.0 Å². The van der Waals surface area contributed by atoms with Gasteiger partial charge in [0.1, 0.15) is 0 Å². The van der Waals surface area contributed by atoms with E-state index in [1.54, 1.807) is 0 Å². The van der Waals surface area contributed by atoms with Crippen molar-refractivity contribution < 1.29 is 4.42 Å². The summed E-state index contributed by atoms with van der Waals surface area (Å²) in [4.78, 5) is 2.41. The number of fused-ring (bicyclic) bond motifs is 5. The van der Waals surface area contributed by atoms with Crippen molar-refractivity contribution in [3.8, 4) is 0 Å². The van der Waals surface area contributed by atoms with E-state index in [0.29, 0.717) is 0 Å². The summed E-state index contributed by atoms with van der Waals surface area (Å²) in [6, 6.07) is 20.3. The number of hydrogen-bond acceptors (Lipinski definition) is 2. The van der Waals surface area contributed by atoms with Gasteiger partial charge in [0.2, 0.25) is 0 Å². The predicted octanol–water partition coefficient (Wildman–Crippen LogP) is 5.37. The fourth-order valence-corrected chi connectivity index (χ4v) is 7.30. The number of aryl methyl sites for hydroxylation is 3. The van der Waals surface area contributed by atoms with Gasteiger partial charge in [0.15, 0.2) is 0 Å². The van der Waals surface area contributed by atoms with Crippen molar-refractivity contribution in [1.82, 2.24) is 0 Å². The first-order chi connectivity index (χ1) is 14.2. The molecule has 1 aliphatic heterocycles. The predicted molar refractivity (Wildman–Crippen MR) is 122 cm³/mol. The second kappa shape index (κ2) is 6.52. The van der Waals surface area contributed by atoms with E-state index in [-0.39, 0.29) is 15.0 Å². The van der Waals surface area contributed by atoms with E-state index >= 15 is 0 Å². The molecule has 2 aliphatic rings. The minimum atomic E-state index is 0.237. The van der Waals surface area contributed by atoms with Crippen molar-refractivity contribution in [2.45, 2.75) is 39.5 Å². The molecule has 0 N–H and O–H groups in total. The van der Waals surface area contributed by atoms with Gasteiger partial charge in [-0.05, 0) is 0 Å². The second-order valence-corrected chi connectivity index (χ2v) is 10.5. The topological polar surface area (TPSA) is 16.4 Å². The molecule has 6 rings (SSSR count). The normalized spacial score (nSPS) is 15.2. The van der Waals surface area contributed by atoms with Gasteiger partial charge in [0.05, 0.1) is 0 Å². The zero-order valence-electron chi connectivity index (χ0n) is 16.8. The van der Waals surface area contributed by atoms with Gasteiger partial charge in [0, 0.05) is 0 Å². The average Bonchev–Trinajstić information content (AvgIpc) is 3.09. The van der Waals surface area contributed by atoms with Crippen molar-refractivity contribution in [2.24, 2.45) is 0 Å². The van der Waals surface area contributed by atoms with Crippen LogP contribution < -0.4 is 13.8 Å². The Kier molecular flexibility index (Phi) is 3.91. The van der Waals surface area contributed by atoms with Crippen molar-refractivity contribution in [2.75, 3.05) is 4.90 Å². The van der Waals surface area contributed by atoms with Crippen LogP contribution in [0.25, 0.3) is 11.0 Å². The molecule has 4 aromatic rings. The Hall–Kier alpha value is -2.48. The van der Waals surface area contributed by atoms with Crippen LogP contribution in [0.3, 0.4) is 0 Å². The van der Waals surface area contributed by atoms with Gasteiger partial charge in [-0.1, -0.05) is 0 Å². The number of benzene rings is 3. The van der Waals surface area contributed by atoms with Crippen molar-refractivity contribution in [3.63, 3.8) is 0 Å². The van der Waals surface area contributed by atoms with E-state index < -0.39 is 0 Å². The molecule has 144 valence electrons. The number of anilines is 3. The van der Waals surface area contributed by atoms with E-state index in [4.69, 9.17) is 4.42 Å². The summed E-state index contributed by atoms with van der Waals surface area (Å²) in [6.45, 7) is 4.36. The third-order valence-electron chi connectivity index (χ3n) is 6.16. The Balaban J connectivity index is 1.66. The Labute approximate surface area is 177 Å². The van der Waals surface area contributed by atoms with Gasteiger partial charge in [0.25, 0.3) is 0 Å². The van der Waals surface area contributed by atoms with Crippen LogP contribution in [0.15, 0.2) is 59.0 Å². The number of hydrogen-bond donors (Lipinski definition) is 0. The molecule has 0 spiro atoms. The zero-order chi connectivity index (χ0) is 19.5.